The Morgan fingerprint density at radius 3 is 2.79 bits per heavy atom. The number of hydrogen-bond acceptors (Lipinski definition) is 4. The molecule has 106 valence electrons. The molecule has 1 aliphatic rings. The molecule has 3 N–H and O–H groups in total. The van der Waals surface area contributed by atoms with Crippen molar-refractivity contribution in [3.05, 3.63) is 16.1 Å². The van der Waals surface area contributed by atoms with Crippen LogP contribution in [0.2, 0.25) is 0 Å². The van der Waals surface area contributed by atoms with Gasteiger partial charge in [0.15, 0.2) is 0 Å². The van der Waals surface area contributed by atoms with Crippen LogP contribution < -0.4 is 11.1 Å². The number of carbonyl (C=O) groups excluding carboxylic acids is 1. The Hall–Kier alpha value is -0.940. The van der Waals surface area contributed by atoms with Crippen LogP contribution in [-0.2, 0) is 17.8 Å². The second kappa shape index (κ2) is 7.01. The van der Waals surface area contributed by atoms with Crippen molar-refractivity contribution in [3.63, 3.8) is 0 Å². The average Bonchev–Trinajstić information content (AvgIpc) is 2.93. The molecule has 0 atom stereocenters. The highest BCUT2D eigenvalue weighted by Crippen LogP contribution is 2.28. The number of carbonyl (C=O) groups is 1. The van der Waals surface area contributed by atoms with Gasteiger partial charge in [-0.3, -0.25) is 4.79 Å². The Labute approximate surface area is 118 Å². The third kappa shape index (κ3) is 4.01. The molecule has 2 rings (SSSR count). The topological polar surface area (TPSA) is 68.0 Å². The predicted octanol–water partition coefficient (Wildman–Crippen LogP) is 2.09. The maximum atomic E-state index is 12.1. The van der Waals surface area contributed by atoms with E-state index in [1.165, 1.54) is 4.88 Å². The molecule has 5 heteroatoms. The first-order valence-corrected chi connectivity index (χ1v) is 7.96. The molecule has 0 unspecified atom stereocenters. The fourth-order valence-corrected chi connectivity index (χ4v) is 3.36. The lowest BCUT2D eigenvalue weighted by Crippen LogP contribution is -2.33. The standard InChI is InChI=1S/C14H23N3OS/c1-2-12-8-16-13(19-12)9-17-14(18)11-5-3-10(7-15)4-6-11/h8,10-11H,2-7,9,15H2,1H3,(H,17,18). The van der Waals surface area contributed by atoms with Gasteiger partial charge in [0.05, 0.1) is 6.54 Å². The molecule has 1 aromatic heterocycles. The van der Waals surface area contributed by atoms with Crippen LogP contribution in [-0.4, -0.2) is 17.4 Å². The van der Waals surface area contributed by atoms with Crippen molar-refractivity contribution < 1.29 is 4.79 Å². The Balaban J connectivity index is 1.75. The minimum absolute atomic E-state index is 0.174. The molecule has 1 aromatic rings. The summed E-state index contributed by atoms with van der Waals surface area (Å²) in [5.74, 6) is 0.979. The Bertz CT molecular complexity index is 411. The highest BCUT2D eigenvalue weighted by atomic mass is 32.1. The van der Waals surface area contributed by atoms with Crippen molar-refractivity contribution in [3.8, 4) is 0 Å². The van der Waals surface area contributed by atoms with Gasteiger partial charge >= 0.3 is 0 Å². The number of nitrogens with two attached hydrogens (primary N) is 1. The third-order valence-electron chi connectivity index (χ3n) is 3.91. The van der Waals surface area contributed by atoms with Gasteiger partial charge in [0, 0.05) is 17.0 Å². The summed E-state index contributed by atoms with van der Waals surface area (Å²) in [6.45, 7) is 3.44. The van der Waals surface area contributed by atoms with Crippen molar-refractivity contribution in [1.82, 2.24) is 10.3 Å². The number of nitrogens with zero attached hydrogens (tertiary/aromatic N) is 1. The molecule has 0 bridgehead atoms. The molecule has 1 amide bonds. The number of amides is 1. The van der Waals surface area contributed by atoms with E-state index in [-0.39, 0.29) is 11.8 Å². The van der Waals surface area contributed by atoms with E-state index in [2.05, 4.69) is 17.2 Å². The van der Waals surface area contributed by atoms with Gasteiger partial charge in [0.25, 0.3) is 0 Å². The van der Waals surface area contributed by atoms with Crippen LogP contribution in [0.4, 0.5) is 0 Å². The van der Waals surface area contributed by atoms with Gasteiger partial charge in [-0.25, -0.2) is 4.98 Å². The summed E-state index contributed by atoms with van der Waals surface area (Å²) in [5.41, 5.74) is 5.67. The minimum Gasteiger partial charge on any atom is -0.349 e. The molecule has 0 aromatic carbocycles. The van der Waals surface area contributed by atoms with E-state index in [1.54, 1.807) is 11.3 Å². The van der Waals surface area contributed by atoms with Gasteiger partial charge < -0.3 is 11.1 Å². The zero-order valence-corrected chi connectivity index (χ0v) is 12.3. The molecule has 0 radical (unpaired) electrons. The molecule has 0 spiro atoms. The van der Waals surface area contributed by atoms with Crippen molar-refractivity contribution in [2.75, 3.05) is 6.54 Å². The number of aromatic nitrogens is 1. The van der Waals surface area contributed by atoms with Gasteiger partial charge in [-0.1, -0.05) is 6.92 Å². The zero-order chi connectivity index (χ0) is 13.7. The smallest absolute Gasteiger partial charge is 0.223 e. The monoisotopic (exact) mass is 281 g/mol. The second-order valence-corrected chi connectivity index (χ2v) is 6.44. The Morgan fingerprint density at radius 1 is 1.47 bits per heavy atom. The molecule has 0 saturated heterocycles. The van der Waals surface area contributed by atoms with Crippen molar-refractivity contribution >= 4 is 17.2 Å². The summed E-state index contributed by atoms with van der Waals surface area (Å²) in [7, 11) is 0. The molecule has 0 aliphatic heterocycles. The number of hydrogen-bond donors (Lipinski definition) is 2. The van der Waals surface area contributed by atoms with Crippen LogP contribution in [0.3, 0.4) is 0 Å². The fourth-order valence-electron chi connectivity index (χ4n) is 2.56. The van der Waals surface area contributed by atoms with Crippen molar-refractivity contribution in [2.24, 2.45) is 17.6 Å². The summed E-state index contributed by atoms with van der Waals surface area (Å²) < 4.78 is 0. The van der Waals surface area contributed by atoms with Crippen molar-refractivity contribution in [2.45, 2.75) is 45.6 Å². The Morgan fingerprint density at radius 2 is 2.21 bits per heavy atom. The van der Waals surface area contributed by atoms with E-state index in [9.17, 15) is 4.79 Å². The molecule has 1 heterocycles. The van der Waals surface area contributed by atoms with Gasteiger partial charge in [-0.15, -0.1) is 11.3 Å². The summed E-state index contributed by atoms with van der Waals surface area (Å²) in [4.78, 5) is 17.7. The van der Waals surface area contributed by atoms with Crippen LogP contribution >= 0.6 is 11.3 Å². The third-order valence-corrected chi connectivity index (χ3v) is 5.06. The van der Waals surface area contributed by atoms with Crippen LogP contribution in [0.5, 0.6) is 0 Å². The van der Waals surface area contributed by atoms with Gasteiger partial charge in [-0.05, 0) is 44.6 Å². The van der Waals surface area contributed by atoms with Gasteiger partial charge in [0.1, 0.15) is 5.01 Å². The maximum Gasteiger partial charge on any atom is 0.223 e. The number of thiazole rings is 1. The summed E-state index contributed by atoms with van der Waals surface area (Å²) in [5, 5.41) is 4.02. The molecule has 1 aliphatic carbocycles. The van der Waals surface area contributed by atoms with E-state index in [0.29, 0.717) is 12.5 Å². The highest BCUT2D eigenvalue weighted by molar-refractivity contribution is 7.11. The van der Waals surface area contributed by atoms with Gasteiger partial charge in [0.2, 0.25) is 5.91 Å². The lowest BCUT2D eigenvalue weighted by Gasteiger charge is -2.26. The highest BCUT2D eigenvalue weighted by Gasteiger charge is 2.25. The quantitative estimate of drug-likeness (QED) is 0.868. The maximum absolute atomic E-state index is 12.1. The predicted molar refractivity (Wildman–Crippen MR) is 77.8 cm³/mol. The summed E-state index contributed by atoms with van der Waals surface area (Å²) >= 11 is 1.68. The first-order valence-electron chi connectivity index (χ1n) is 7.14. The number of aryl methyl sites for hydroxylation is 1. The molecular formula is C14H23N3OS. The van der Waals surface area contributed by atoms with Gasteiger partial charge in [-0.2, -0.15) is 0 Å². The lowest BCUT2D eigenvalue weighted by atomic mass is 9.81. The molecule has 4 nitrogen and oxygen atoms in total. The largest absolute Gasteiger partial charge is 0.349 e. The minimum atomic E-state index is 0.174. The average molecular weight is 281 g/mol. The summed E-state index contributed by atoms with van der Waals surface area (Å²) in [6.07, 6.45) is 7.04. The SMILES string of the molecule is CCc1cnc(CNC(=O)C2CCC(CN)CC2)s1. The second-order valence-electron chi connectivity index (χ2n) is 5.25. The molecular weight excluding hydrogens is 258 g/mol. The van der Waals surface area contributed by atoms with Crippen molar-refractivity contribution in [1.29, 1.82) is 0 Å². The van der Waals surface area contributed by atoms with E-state index < -0.39 is 0 Å². The summed E-state index contributed by atoms with van der Waals surface area (Å²) in [6, 6.07) is 0. The van der Waals surface area contributed by atoms with E-state index >= 15 is 0 Å². The molecule has 1 fully saturated rings. The fraction of sp³-hybridized carbons (Fsp3) is 0.714. The lowest BCUT2D eigenvalue weighted by molar-refractivity contribution is -0.126. The zero-order valence-electron chi connectivity index (χ0n) is 11.5. The first-order chi connectivity index (χ1) is 9.22. The Kier molecular flexibility index (Phi) is 5.34. The van der Waals surface area contributed by atoms with Crippen LogP contribution in [0, 0.1) is 11.8 Å². The molecule has 1 saturated carbocycles. The van der Waals surface area contributed by atoms with Crippen LogP contribution in [0.25, 0.3) is 0 Å². The van der Waals surface area contributed by atoms with Crippen LogP contribution in [0.15, 0.2) is 6.20 Å². The molecule has 19 heavy (non-hydrogen) atoms. The van der Waals surface area contributed by atoms with E-state index in [1.807, 2.05) is 6.20 Å². The number of nitrogens with one attached hydrogen (secondary N) is 1. The van der Waals surface area contributed by atoms with E-state index in [0.717, 1.165) is 43.7 Å². The van der Waals surface area contributed by atoms with Crippen LogP contribution in [0.1, 0.15) is 42.5 Å². The normalized spacial score (nSPS) is 23.3. The van der Waals surface area contributed by atoms with E-state index in [4.69, 9.17) is 5.73 Å². The first kappa shape index (κ1) is 14.5. The number of rotatable bonds is 5.